The summed E-state index contributed by atoms with van der Waals surface area (Å²) < 4.78 is 23.8. The van der Waals surface area contributed by atoms with Crippen molar-refractivity contribution in [3.63, 3.8) is 0 Å². The molecule has 0 bridgehead atoms. The fourth-order valence-corrected chi connectivity index (χ4v) is 1.93. The van der Waals surface area contributed by atoms with E-state index < -0.39 is 10.0 Å². The van der Waals surface area contributed by atoms with Crippen LogP contribution in [0.3, 0.4) is 0 Å². The van der Waals surface area contributed by atoms with Gasteiger partial charge in [-0.25, -0.2) is 18.2 Å². The summed E-state index contributed by atoms with van der Waals surface area (Å²) in [6, 6.07) is 8.13. The second kappa shape index (κ2) is 3.73. The predicted molar refractivity (Wildman–Crippen MR) is 59.7 cm³/mol. The number of hydrogen-bond donors (Lipinski definition) is 1. The van der Waals surface area contributed by atoms with E-state index in [1.807, 2.05) is 13.0 Å². The highest BCUT2D eigenvalue weighted by Crippen LogP contribution is 2.13. The molecule has 0 radical (unpaired) electrons. The molecule has 0 amide bonds. The summed E-state index contributed by atoms with van der Waals surface area (Å²) in [5, 5.41) is 9.12. The van der Waals surface area contributed by atoms with Gasteiger partial charge < -0.3 is 0 Å². The Labute approximate surface area is 93.6 Å². The summed E-state index contributed by atoms with van der Waals surface area (Å²) in [5.74, 6) is 0. The van der Waals surface area contributed by atoms with Crippen molar-refractivity contribution in [2.24, 2.45) is 5.14 Å². The first-order valence-electron chi connectivity index (χ1n) is 4.62. The number of rotatable bonds is 2. The first-order valence-corrected chi connectivity index (χ1v) is 6.17. The van der Waals surface area contributed by atoms with Crippen LogP contribution in [0.25, 0.3) is 5.69 Å². The number of sulfonamides is 1. The van der Waals surface area contributed by atoms with Crippen LogP contribution in [0.2, 0.25) is 0 Å². The third-order valence-electron chi connectivity index (χ3n) is 2.24. The lowest BCUT2D eigenvalue weighted by molar-refractivity contribution is 0.598. The van der Waals surface area contributed by atoms with Gasteiger partial charge in [-0.15, -0.1) is 0 Å². The van der Waals surface area contributed by atoms with Crippen molar-refractivity contribution >= 4 is 10.0 Å². The minimum absolute atomic E-state index is 0.0982. The molecule has 0 aliphatic carbocycles. The van der Waals surface area contributed by atoms with Gasteiger partial charge in [-0.05, 0) is 37.3 Å². The van der Waals surface area contributed by atoms with Gasteiger partial charge in [0.25, 0.3) is 0 Å². The predicted octanol–water partition coefficient (Wildman–Crippen LogP) is 0.828. The van der Waals surface area contributed by atoms with Crippen molar-refractivity contribution in [1.29, 1.82) is 0 Å². The summed E-state index contributed by atoms with van der Waals surface area (Å²) in [6.45, 7) is 1.92. The molecule has 6 heteroatoms. The number of benzene rings is 1. The van der Waals surface area contributed by atoms with E-state index in [4.69, 9.17) is 5.14 Å². The van der Waals surface area contributed by atoms with Crippen LogP contribution in [0.4, 0.5) is 0 Å². The van der Waals surface area contributed by atoms with Crippen molar-refractivity contribution in [3.05, 3.63) is 42.2 Å². The number of aromatic nitrogens is 2. The maximum Gasteiger partial charge on any atom is 0.238 e. The first-order chi connectivity index (χ1) is 7.48. The molecule has 16 heavy (non-hydrogen) atoms. The molecule has 0 spiro atoms. The Bertz CT molecular complexity index is 599. The molecule has 0 saturated carbocycles. The number of primary sulfonamides is 1. The van der Waals surface area contributed by atoms with E-state index in [0.29, 0.717) is 0 Å². The third-order valence-corrected chi connectivity index (χ3v) is 3.17. The highest BCUT2D eigenvalue weighted by molar-refractivity contribution is 7.89. The Kier molecular flexibility index (Phi) is 2.53. The highest BCUT2D eigenvalue weighted by Gasteiger charge is 2.07. The van der Waals surface area contributed by atoms with Crippen LogP contribution < -0.4 is 5.14 Å². The van der Waals surface area contributed by atoms with Gasteiger partial charge in [0.2, 0.25) is 10.0 Å². The van der Waals surface area contributed by atoms with Crippen LogP contribution in [0, 0.1) is 6.92 Å². The molecule has 2 rings (SSSR count). The summed E-state index contributed by atoms with van der Waals surface area (Å²) in [5.41, 5.74) is 1.78. The minimum atomic E-state index is -3.63. The van der Waals surface area contributed by atoms with Crippen molar-refractivity contribution in [3.8, 4) is 5.69 Å². The molecule has 2 N–H and O–H groups in total. The second-order valence-electron chi connectivity index (χ2n) is 3.42. The van der Waals surface area contributed by atoms with Gasteiger partial charge in [0, 0.05) is 11.9 Å². The second-order valence-corrected chi connectivity index (χ2v) is 4.98. The van der Waals surface area contributed by atoms with Crippen LogP contribution in [0.1, 0.15) is 5.69 Å². The molecule has 0 atom stereocenters. The maximum absolute atomic E-state index is 11.1. The lowest BCUT2D eigenvalue weighted by Gasteiger charge is -2.04. The number of hydrogen-bond acceptors (Lipinski definition) is 3. The SMILES string of the molecule is Cc1ccnn1-c1ccc(S(N)(=O)=O)cc1. The molecular weight excluding hydrogens is 226 g/mol. The molecule has 1 aromatic carbocycles. The van der Waals surface area contributed by atoms with Crippen molar-refractivity contribution in [1.82, 2.24) is 9.78 Å². The van der Waals surface area contributed by atoms with Crippen LogP contribution >= 0.6 is 0 Å². The summed E-state index contributed by atoms with van der Waals surface area (Å²) >= 11 is 0. The van der Waals surface area contributed by atoms with E-state index in [-0.39, 0.29) is 4.90 Å². The molecule has 0 fully saturated rings. The fraction of sp³-hybridized carbons (Fsp3) is 0.100. The van der Waals surface area contributed by atoms with Gasteiger partial charge in [0.05, 0.1) is 10.6 Å². The number of nitrogens with zero attached hydrogens (tertiary/aromatic N) is 2. The summed E-state index contributed by atoms with van der Waals surface area (Å²) in [4.78, 5) is 0.0982. The molecule has 84 valence electrons. The topological polar surface area (TPSA) is 78.0 Å². The van der Waals surface area contributed by atoms with Gasteiger partial charge in [-0.2, -0.15) is 5.10 Å². The smallest absolute Gasteiger partial charge is 0.238 e. The van der Waals surface area contributed by atoms with E-state index in [0.717, 1.165) is 11.4 Å². The minimum Gasteiger partial charge on any atom is -0.238 e. The van der Waals surface area contributed by atoms with Crippen molar-refractivity contribution in [2.75, 3.05) is 0 Å². The summed E-state index contributed by atoms with van der Waals surface area (Å²) in [6.07, 6.45) is 1.68. The zero-order chi connectivity index (χ0) is 11.8. The molecule has 0 unspecified atom stereocenters. The van der Waals surface area contributed by atoms with Gasteiger partial charge in [-0.1, -0.05) is 0 Å². The van der Waals surface area contributed by atoms with Gasteiger partial charge in [0.15, 0.2) is 0 Å². The molecule has 5 nitrogen and oxygen atoms in total. The van der Waals surface area contributed by atoms with E-state index >= 15 is 0 Å². The number of aryl methyl sites for hydroxylation is 1. The Hall–Kier alpha value is -1.66. The van der Waals surface area contributed by atoms with Crippen LogP contribution in [-0.4, -0.2) is 18.2 Å². The number of nitrogens with two attached hydrogens (primary N) is 1. The molecular formula is C10H11N3O2S. The fourth-order valence-electron chi connectivity index (χ4n) is 1.42. The molecule has 1 heterocycles. The van der Waals surface area contributed by atoms with Crippen LogP contribution in [0.15, 0.2) is 41.4 Å². The molecule has 0 saturated heterocycles. The Morgan fingerprint density at radius 2 is 1.81 bits per heavy atom. The Morgan fingerprint density at radius 3 is 2.25 bits per heavy atom. The Balaban J connectivity index is 2.45. The van der Waals surface area contributed by atoms with Gasteiger partial charge >= 0.3 is 0 Å². The van der Waals surface area contributed by atoms with E-state index in [1.54, 1.807) is 23.0 Å². The average Bonchev–Trinajstić information content (AvgIpc) is 2.63. The molecule has 0 aliphatic rings. The van der Waals surface area contributed by atoms with Gasteiger partial charge in [-0.3, -0.25) is 0 Å². The normalized spacial score (nSPS) is 11.6. The lowest BCUT2D eigenvalue weighted by atomic mass is 10.3. The van der Waals surface area contributed by atoms with Crippen molar-refractivity contribution in [2.45, 2.75) is 11.8 Å². The van der Waals surface area contributed by atoms with E-state index in [1.165, 1.54) is 12.1 Å². The summed E-state index contributed by atoms with van der Waals surface area (Å²) in [7, 11) is -3.63. The zero-order valence-corrected chi connectivity index (χ0v) is 9.48. The van der Waals surface area contributed by atoms with Crippen LogP contribution in [0.5, 0.6) is 0 Å². The lowest BCUT2D eigenvalue weighted by Crippen LogP contribution is -2.12. The third kappa shape index (κ3) is 1.98. The first kappa shape index (κ1) is 10.8. The molecule has 0 aliphatic heterocycles. The molecule has 1 aromatic heterocycles. The highest BCUT2D eigenvalue weighted by atomic mass is 32.2. The largest absolute Gasteiger partial charge is 0.238 e. The van der Waals surface area contributed by atoms with E-state index in [9.17, 15) is 8.42 Å². The van der Waals surface area contributed by atoms with Gasteiger partial charge in [0.1, 0.15) is 0 Å². The zero-order valence-electron chi connectivity index (χ0n) is 8.66. The monoisotopic (exact) mass is 237 g/mol. The maximum atomic E-state index is 11.1. The standard InChI is InChI=1S/C10H11N3O2S/c1-8-6-7-12-13(8)9-2-4-10(5-3-9)16(11,14)15/h2-7H,1H3,(H2,11,14,15). The van der Waals surface area contributed by atoms with E-state index in [2.05, 4.69) is 5.10 Å². The average molecular weight is 237 g/mol. The molecule has 2 aromatic rings. The quantitative estimate of drug-likeness (QED) is 0.840. The van der Waals surface area contributed by atoms with Crippen molar-refractivity contribution < 1.29 is 8.42 Å². The van der Waals surface area contributed by atoms with Crippen LogP contribution in [-0.2, 0) is 10.0 Å². The Morgan fingerprint density at radius 1 is 1.19 bits per heavy atom.